The molecule has 0 N–H and O–H groups in total. The van der Waals surface area contributed by atoms with Crippen molar-refractivity contribution in [3.05, 3.63) is 10.8 Å². The standard InChI is InChI=1S/C5H6BrF/c6-5(7)3-4-1-2-4/h3-4H,1-2H2. The molecule has 40 valence electrons. The van der Waals surface area contributed by atoms with E-state index < -0.39 is 0 Å². The first-order chi connectivity index (χ1) is 3.29. The van der Waals surface area contributed by atoms with Crippen molar-refractivity contribution < 1.29 is 4.39 Å². The van der Waals surface area contributed by atoms with Crippen LogP contribution >= 0.6 is 15.9 Å². The Balaban J connectivity index is 2.29. The van der Waals surface area contributed by atoms with Gasteiger partial charge in [-0.2, -0.15) is 4.39 Å². The van der Waals surface area contributed by atoms with Crippen LogP contribution in [-0.4, -0.2) is 0 Å². The summed E-state index contributed by atoms with van der Waals surface area (Å²) >= 11 is 2.71. The Bertz CT molecular complexity index is 90.3. The van der Waals surface area contributed by atoms with Gasteiger partial charge in [0.25, 0.3) is 0 Å². The first kappa shape index (κ1) is 5.29. The van der Waals surface area contributed by atoms with Crippen LogP contribution in [0.4, 0.5) is 4.39 Å². The van der Waals surface area contributed by atoms with E-state index in [0.717, 1.165) is 0 Å². The second-order valence-corrected chi connectivity index (χ2v) is 2.55. The van der Waals surface area contributed by atoms with Crippen molar-refractivity contribution in [2.45, 2.75) is 12.8 Å². The highest BCUT2D eigenvalue weighted by Crippen LogP contribution is 2.32. The van der Waals surface area contributed by atoms with Crippen molar-refractivity contribution in [2.24, 2.45) is 5.92 Å². The zero-order chi connectivity index (χ0) is 5.28. The lowest BCUT2D eigenvalue weighted by Crippen LogP contribution is -1.59. The minimum Gasteiger partial charge on any atom is -0.199 e. The highest BCUT2D eigenvalue weighted by Gasteiger charge is 2.18. The van der Waals surface area contributed by atoms with Gasteiger partial charge in [0.2, 0.25) is 0 Å². The van der Waals surface area contributed by atoms with E-state index in [4.69, 9.17) is 0 Å². The first-order valence-corrected chi connectivity index (χ1v) is 3.11. The van der Waals surface area contributed by atoms with Gasteiger partial charge in [-0.25, -0.2) is 0 Å². The van der Waals surface area contributed by atoms with Crippen LogP contribution in [0.5, 0.6) is 0 Å². The number of allylic oxidation sites excluding steroid dienone is 1. The molecule has 0 saturated heterocycles. The van der Waals surface area contributed by atoms with Crippen molar-refractivity contribution >= 4 is 15.9 Å². The number of halogens is 2. The van der Waals surface area contributed by atoms with Crippen molar-refractivity contribution in [3.63, 3.8) is 0 Å². The van der Waals surface area contributed by atoms with Gasteiger partial charge < -0.3 is 0 Å². The molecular weight excluding hydrogens is 159 g/mol. The number of hydrogen-bond acceptors (Lipinski definition) is 0. The Morgan fingerprint density at radius 2 is 2.29 bits per heavy atom. The molecule has 0 radical (unpaired) electrons. The van der Waals surface area contributed by atoms with Gasteiger partial charge in [0.1, 0.15) is 0 Å². The molecule has 1 aliphatic rings. The van der Waals surface area contributed by atoms with Gasteiger partial charge in [-0.3, -0.25) is 0 Å². The summed E-state index contributed by atoms with van der Waals surface area (Å²) in [7, 11) is 0. The van der Waals surface area contributed by atoms with Crippen LogP contribution in [0.15, 0.2) is 10.8 Å². The lowest BCUT2D eigenvalue weighted by molar-refractivity contribution is 0.696. The van der Waals surface area contributed by atoms with E-state index in [9.17, 15) is 4.39 Å². The van der Waals surface area contributed by atoms with E-state index in [2.05, 4.69) is 15.9 Å². The highest BCUT2D eigenvalue weighted by molar-refractivity contribution is 9.11. The molecule has 0 heterocycles. The van der Waals surface area contributed by atoms with E-state index in [1.54, 1.807) is 6.08 Å². The van der Waals surface area contributed by atoms with Gasteiger partial charge in [0.05, 0.1) is 0 Å². The average molecular weight is 165 g/mol. The molecule has 0 unspecified atom stereocenters. The second kappa shape index (κ2) is 1.95. The summed E-state index contributed by atoms with van der Waals surface area (Å²) < 4.78 is 11.6. The van der Waals surface area contributed by atoms with E-state index in [1.165, 1.54) is 12.8 Å². The molecule has 0 amide bonds. The Morgan fingerprint density at radius 1 is 1.71 bits per heavy atom. The molecule has 0 aromatic rings. The molecule has 0 spiro atoms. The third-order valence-electron chi connectivity index (χ3n) is 0.984. The van der Waals surface area contributed by atoms with Gasteiger partial charge in [0, 0.05) is 0 Å². The molecule has 1 aliphatic carbocycles. The van der Waals surface area contributed by atoms with E-state index in [-0.39, 0.29) is 4.74 Å². The van der Waals surface area contributed by atoms with Crippen LogP contribution in [0.2, 0.25) is 0 Å². The zero-order valence-electron chi connectivity index (χ0n) is 3.82. The minimum atomic E-state index is -0.213. The normalized spacial score (nSPS) is 22.9. The second-order valence-electron chi connectivity index (χ2n) is 1.79. The topological polar surface area (TPSA) is 0 Å². The summed E-state index contributed by atoms with van der Waals surface area (Å²) in [6, 6.07) is 0. The van der Waals surface area contributed by atoms with Gasteiger partial charge >= 0.3 is 0 Å². The van der Waals surface area contributed by atoms with E-state index in [0.29, 0.717) is 5.92 Å². The molecule has 1 fully saturated rings. The SMILES string of the molecule is FC(Br)=CC1CC1. The summed E-state index contributed by atoms with van der Waals surface area (Å²) in [6.07, 6.45) is 3.94. The summed E-state index contributed by atoms with van der Waals surface area (Å²) in [6.45, 7) is 0. The molecule has 2 heteroatoms. The summed E-state index contributed by atoms with van der Waals surface area (Å²) in [5, 5.41) is 0. The molecule has 0 aromatic heterocycles. The predicted molar refractivity (Wildman–Crippen MR) is 30.8 cm³/mol. The molecular formula is C5H6BrF. The first-order valence-electron chi connectivity index (χ1n) is 2.32. The summed E-state index contributed by atoms with van der Waals surface area (Å²) in [5.74, 6) is 0.541. The van der Waals surface area contributed by atoms with Crippen molar-refractivity contribution in [1.82, 2.24) is 0 Å². The third-order valence-corrected chi connectivity index (χ3v) is 1.25. The third kappa shape index (κ3) is 2.07. The maximum atomic E-state index is 11.8. The van der Waals surface area contributed by atoms with E-state index in [1.807, 2.05) is 0 Å². The molecule has 0 bridgehead atoms. The molecule has 7 heavy (non-hydrogen) atoms. The Kier molecular flexibility index (Phi) is 1.47. The van der Waals surface area contributed by atoms with Gasteiger partial charge in [-0.15, -0.1) is 0 Å². The van der Waals surface area contributed by atoms with Crippen LogP contribution in [0, 0.1) is 5.92 Å². The van der Waals surface area contributed by atoms with Gasteiger partial charge in [0.15, 0.2) is 4.74 Å². The fourth-order valence-electron chi connectivity index (χ4n) is 0.441. The molecule has 1 rings (SSSR count). The quantitative estimate of drug-likeness (QED) is 0.560. The average Bonchev–Trinajstić information content (AvgIpc) is 2.17. The monoisotopic (exact) mass is 164 g/mol. The smallest absolute Gasteiger partial charge is 0.162 e. The van der Waals surface area contributed by atoms with Crippen molar-refractivity contribution in [3.8, 4) is 0 Å². The van der Waals surface area contributed by atoms with Crippen LogP contribution < -0.4 is 0 Å². The maximum Gasteiger partial charge on any atom is 0.162 e. The molecule has 1 saturated carbocycles. The molecule has 0 nitrogen and oxygen atoms in total. The number of hydrogen-bond donors (Lipinski definition) is 0. The fraction of sp³-hybridized carbons (Fsp3) is 0.600. The maximum absolute atomic E-state index is 11.8. The molecule has 0 aromatic carbocycles. The van der Waals surface area contributed by atoms with Gasteiger partial charge in [-0.05, 0) is 40.8 Å². The summed E-state index contributed by atoms with van der Waals surface area (Å²) in [5.41, 5.74) is 0. The van der Waals surface area contributed by atoms with Crippen LogP contribution in [-0.2, 0) is 0 Å². The minimum absolute atomic E-state index is 0.213. The van der Waals surface area contributed by atoms with E-state index >= 15 is 0 Å². The molecule has 0 atom stereocenters. The summed E-state index contributed by atoms with van der Waals surface area (Å²) in [4.78, 5) is 0. The predicted octanol–water partition coefficient (Wildman–Crippen LogP) is 2.60. The van der Waals surface area contributed by atoms with Gasteiger partial charge in [-0.1, -0.05) is 0 Å². The largest absolute Gasteiger partial charge is 0.199 e. The van der Waals surface area contributed by atoms with Crippen LogP contribution in [0.1, 0.15) is 12.8 Å². The van der Waals surface area contributed by atoms with Crippen molar-refractivity contribution in [1.29, 1.82) is 0 Å². The Morgan fingerprint density at radius 3 is 2.43 bits per heavy atom. The van der Waals surface area contributed by atoms with Crippen molar-refractivity contribution in [2.75, 3.05) is 0 Å². The Hall–Kier alpha value is 0.150. The Labute approximate surface area is 50.5 Å². The van der Waals surface area contributed by atoms with Crippen LogP contribution in [0.3, 0.4) is 0 Å². The lowest BCUT2D eigenvalue weighted by atomic mass is 10.4. The molecule has 0 aliphatic heterocycles. The van der Waals surface area contributed by atoms with Crippen LogP contribution in [0.25, 0.3) is 0 Å². The highest BCUT2D eigenvalue weighted by atomic mass is 79.9. The lowest BCUT2D eigenvalue weighted by Gasteiger charge is -1.75. The number of rotatable bonds is 1. The fourth-order valence-corrected chi connectivity index (χ4v) is 0.815. The zero-order valence-corrected chi connectivity index (χ0v) is 5.41.